The number of methoxy groups -OCH3 is 1. The third kappa shape index (κ3) is 5.64. The number of carbonyl (C=O) groups is 1. The third-order valence-electron chi connectivity index (χ3n) is 4.22. The molecule has 2 aromatic carbocycles. The highest BCUT2D eigenvalue weighted by Crippen LogP contribution is 2.32. The second-order valence-electron chi connectivity index (χ2n) is 6.41. The molecule has 168 valence electrons. The zero-order valence-corrected chi connectivity index (χ0v) is 18.1. The number of hydrogen-bond donors (Lipinski definition) is 3. The Kier molecular flexibility index (Phi) is 6.69. The van der Waals surface area contributed by atoms with Crippen LogP contribution >= 0.6 is 0 Å². The lowest BCUT2D eigenvalue weighted by atomic mass is 10.3. The molecule has 0 unspecified atom stereocenters. The topological polar surface area (TPSA) is 163 Å². The number of rotatable bonds is 8. The van der Waals surface area contributed by atoms with Crippen molar-refractivity contribution >= 4 is 31.6 Å². The average Bonchev–Trinajstić information content (AvgIpc) is 2.72. The lowest BCUT2D eigenvalue weighted by molar-refractivity contribution is -0.116. The molecule has 31 heavy (non-hydrogen) atoms. The fourth-order valence-corrected chi connectivity index (χ4v) is 4.54. The van der Waals surface area contributed by atoms with Gasteiger partial charge in [-0.15, -0.1) is 0 Å². The highest BCUT2D eigenvalue weighted by Gasteiger charge is 2.20. The zero-order valence-electron chi connectivity index (χ0n) is 16.5. The van der Waals surface area contributed by atoms with E-state index < -0.39 is 26.0 Å². The first-order chi connectivity index (χ1) is 14.6. The van der Waals surface area contributed by atoms with Crippen molar-refractivity contribution in [2.24, 2.45) is 5.14 Å². The van der Waals surface area contributed by atoms with Crippen LogP contribution in [0, 0.1) is 0 Å². The molecule has 1 aliphatic heterocycles. The first-order valence-corrected chi connectivity index (χ1v) is 12.0. The lowest BCUT2D eigenvalue weighted by Crippen LogP contribution is -2.28. The van der Waals surface area contributed by atoms with Crippen LogP contribution in [-0.4, -0.2) is 49.6 Å². The number of nitrogens with two attached hydrogens (primary N) is 1. The van der Waals surface area contributed by atoms with E-state index in [9.17, 15) is 21.6 Å². The van der Waals surface area contributed by atoms with Gasteiger partial charge in [0.1, 0.15) is 23.9 Å². The average molecular weight is 472 g/mol. The van der Waals surface area contributed by atoms with E-state index in [1.165, 1.54) is 37.4 Å². The predicted octanol–water partition coefficient (Wildman–Crippen LogP) is 0.421. The molecule has 1 heterocycles. The molecule has 0 radical (unpaired) electrons. The Balaban J connectivity index is 1.60. The molecule has 0 saturated heterocycles. The van der Waals surface area contributed by atoms with E-state index in [-0.39, 0.29) is 34.2 Å². The van der Waals surface area contributed by atoms with Crippen molar-refractivity contribution < 1.29 is 35.8 Å². The quantitative estimate of drug-likeness (QED) is 0.499. The summed E-state index contributed by atoms with van der Waals surface area (Å²) in [4.78, 5) is 11.8. The molecule has 0 atom stereocenters. The SMILES string of the molecule is COc1ccc(NC(=O)CCNS(=O)(=O)c2ccc3c(c2)OCCO3)cc1S(N)(=O)=O. The number of sulfonamides is 2. The number of primary sulfonamides is 1. The summed E-state index contributed by atoms with van der Waals surface area (Å²) >= 11 is 0. The summed E-state index contributed by atoms with van der Waals surface area (Å²) in [7, 11) is -6.65. The maximum Gasteiger partial charge on any atom is 0.241 e. The Morgan fingerprint density at radius 2 is 1.77 bits per heavy atom. The third-order valence-corrected chi connectivity index (χ3v) is 6.61. The lowest BCUT2D eigenvalue weighted by Gasteiger charge is -2.18. The zero-order chi connectivity index (χ0) is 22.6. The minimum Gasteiger partial charge on any atom is -0.495 e. The van der Waals surface area contributed by atoms with Gasteiger partial charge in [0.25, 0.3) is 0 Å². The van der Waals surface area contributed by atoms with E-state index in [4.69, 9.17) is 19.3 Å². The highest BCUT2D eigenvalue weighted by molar-refractivity contribution is 7.89. The molecule has 0 bridgehead atoms. The van der Waals surface area contributed by atoms with Crippen LogP contribution in [-0.2, 0) is 24.8 Å². The van der Waals surface area contributed by atoms with Crippen molar-refractivity contribution in [3.8, 4) is 17.2 Å². The van der Waals surface area contributed by atoms with Crippen molar-refractivity contribution in [3.63, 3.8) is 0 Å². The van der Waals surface area contributed by atoms with E-state index >= 15 is 0 Å². The number of benzene rings is 2. The van der Waals surface area contributed by atoms with Crippen LogP contribution in [0.4, 0.5) is 5.69 Å². The number of amides is 1. The van der Waals surface area contributed by atoms with Gasteiger partial charge >= 0.3 is 0 Å². The standard InChI is InChI=1S/C18H21N3O8S2/c1-27-15-4-2-12(10-17(15)30(19,23)24)21-18(22)6-7-20-31(25,26)13-3-5-14-16(11-13)29-9-8-28-14/h2-5,10-11,20H,6-9H2,1H3,(H,21,22)(H2,19,23,24). The van der Waals surface area contributed by atoms with Crippen LogP contribution in [0.5, 0.6) is 17.2 Å². The monoisotopic (exact) mass is 471 g/mol. The summed E-state index contributed by atoms with van der Waals surface area (Å²) in [6.07, 6.45) is -0.194. The fourth-order valence-electron chi connectivity index (χ4n) is 2.77. The maximum atomic E-state index is 12.4. The Labute approximate surface area is 179 Å². The van der Waals surface area contributed by atoms with Gasteiger partial charge in [0.15, 0.2) is 11.5 Å². The highest BCUT2D eigenvalue weighted by atomic mass is 32.2. The summed E-state index contributed by atoms with van der Waals surface area (Å²) in [5, 5.41) is 7.63. The molecular weight excluding hydrogens is 450 g/mol. The van der Waals surface area contributed by atoms with Gasteiger partial charge < -0.3 is 19.5 Å². The van der Waals surface area contributed by atoms with E-state index in [2.05, 4.69) is 10.0 Å². The van der Waals surface area contributed by atoms with Gasteiger partial charge in [0.2, 0.25) is 26.0 Å². The van der Waals surface area contributed by atoms with Crippen LogP contribution in [0.1, 0.15) is 6.42 Å². The van der Waals surface area contributed by atoms with Crippen molar-refractivity contribution in [2.45, 2.75) is 16.2 Å². The van der Waals surface area contributed by atoms with E-state index in [0.717, 1.165) is 6.07 Å². The molecule has 4 N–H and O–H groups in total. The summed E-state index contributed by atoms with van der Waals surface area (Å²) in [6, 6.07) is 8.17. The van der Waals surface area contributed by atoms with Crippen molar-refractivity contribution in [2.75, 3.05) is 32.2 Å². The molecule has 0 aromatic heterocycles. The smallest absolute Gasteiger partial charge is 0.241 e. The normalized spacial score (nSPS) is 13.5. The maximum absolute atomic E-state index is 12.4. The summed E-state index contributed by atoms with van der Waals surface area (Å²) in [5.74, 6) is 0.295. The predicted molar refractivity (Wildman–Crippen MR) is 110 cm³/mol. The van der Waals surface area contributed by atoms with Crippen LogP contribution < -0.4 is 29.4 Å². The van der Waals surface area contributed by atoms with Crippen LogP contribution in [0.15, 0.2) is 46.2 Å². The molecular formula is C18H21N3O8S2. The van der Waals surface area contributed by atoms with Gasteiger partial charge in [-0.3, -0.25) is 4.79 Å². The molecule has 13 heteroatoms. The first-order valence-electron chi connectivity index (χ1n) is 9.00. The number of anilines is 1. The molecule has 3 rings (SSSR count). The van der Waals surface area contributed by atoms with Crippen LogP contribution in [0.3, 0.4) is 0 Å². The van der Waals surface area contributed by atoms with Crippen molar-refractivity contribution in [1.82, 2.24) is 4.72 Å². The van der Waals surface area contributed by atoms with Gasteiger partial charge in [-0.25, -0.2) is 26.7 Å². The second kappa shape index (κ2) is 9.09. The van der Waals surface area contributed by atoms with Gasteiger partial charge in [-0.1, -0.05) is 0 Å². The summed E-state index contributed by atoms with van der Waals surface area (Å²) in [5.41, 5.74) is 0.171. The fraction of sp³-hybridized carbons (Fsp3) is 0.278. The minimum atomic E-state index is -4.06. The molecule has 0 spiro atoms. The number of carbonyl (C=O) groups excluding carboxylic acids is 1. The van der Waals surface area contributed by atoms with Crippen LogP contribution in [0.25, 0.3) is 0 Å². The Morgan fingerprint density at radius 1 is 1.06 bits per heavy atom. The van der Waals surface area contributed by atoms with Crippen molar-refractivity contribution in [3.05, 3.63) is 36.4 Å². The minimum absolute atomic E-state index is 0.0230. The number of ether oxygens (including phenoxy) is 3. The molecule has 11 nitrogen and oxygen atoms in total. The van der Waals surface area contributed by atoms with Crippen LogP contribution in [0.2, 0.25) is 0 Å². The summed E-state index contributed by atoms with van der Waals surface area (Å²) < 4.78 is 66.2. The Hall–Kier alpha value is -2.87. The van der Waals surface area contributed by atoms with E-state index in [1.807, 2.05) is 0 Å². The first kappa shape index (κ1) is 22.8. The van der Waals surface area contributed by atoms with Gasteiger partial charge in [-0.2, -0.15) is 0 Å². The van der Waals surface area contributed by atoms with E-state index in [0.29, 0.717) is 24.7 Å². The number of nitrogens with one attached hydrogen (secondary N) is 2. The molecule has 0 fully saturated rings. The van der Waals surface area contributed by atoms with Gasteiger partial charge in [-0.05, 0) is 30.3 Å². The molecule has 0 aliphatic carbocycles. The largest absolute Gasteiger partial charge is 0.495 e. The number of hydrogen-bond acceptors (Lipinski definition) is 8. The molecule has 2 aromatic rings. The summed E-state index contributed by atoms with van der Waals surface area (Å²) in [6.45, 7) is 0.531. The molecule has 1 aliphatic rings. The Morgan fingerprint density at radius 3 is 2.45 bits per heavy atom. The van der Waals surface area contributed by atoms with E-state index in [1.54, 1.807) is 0 Å². The number of fused-ring (bicyclic) bond motifs is 1. The van der Waals surface area contributed by atoms with Gasteiger partial charge in [0.05, 0.1) is 12.0 Å². The Bertz CT molecular complexity index is 1200. The second-order valence-corrected chi connectivity index (χ2v) is 9.71. The van der Waals surface area contributed by atoms with Gasteiger partial charge in [0, 0.05) is 24.7 Å². The van der Waals surface area contributed by atoms with Crippen molar-refractivity contribution in [1.29, 1.82) is 0 Å². The molecule has 0 saturated carbocycles. The molecule has 1 amide bonds.